The first kappa shape index (κ1) is 10.9. The van der Waals surface area contributed by atoms with Crippen molar-refractivity contribution in [2.45, 2.75) is 26.2 Å². The minimum Gasteiger partial charge on any atom is -0.450 e. The molecule has 1 N–H and O–H groups in total. The van der Waals surface area contributed by atoms with E-state index in [4.69, 9.17) is 4.74 Å². The van der Waals surface area contributed by atoms with Crippen molar-refractivity contribution in [2.75, 3.05) is 13.2 Å². The van der Waals surface area contributed by atoms with Gasteiger partial charge in [0.15, 0.2) is 0 Å². The van der Waals surface area contributed by atoms with Crippen LogP contribution in [0.15, 0.2) is 0 Å². The normalized spacial score (nSPS) is 9.08. The second kappa shape index (κ2) is 8.04. The highest BCUT2D eigenvalue weighted by atomic mass is 16.5. The molecule has 12 heavy (non-hydrogen) atoms. The zero-order chi connectivity index (χ0) is 9.23. The molecule has 0 fully saturated rings. The van der Waals surface area contributed by atoms with Crippen molar-refractivity contribution in [3.63, 3.8) is 0 Å². The van der Waals surface area contributed by atoms with E-state index in [0.717, 1.165) is 19.3 Å². The molecule has 0 rings (SSSR count). The van der Waals surface area contributed by atoms with Gasteiger partial charge in [0.2, 0.25) is 6.29 Å². The number of nitrogens with one attached hydrogen (secondary N) is 1. The summed E-state index contributed by atoms with van der Waals surface area (Å²) in [6, 6.07) is 0. The van der Waals surface area contributed by atoms with Gasteiger partial charge < -0.3 is 10.1 Å². The molecule has 1 radical (unpaired) electrons. The Morgan fingerprint density at radius 1 is 1.50 bits per heavy atom. The maximum absolute atomic E-state index is 10.7. The standard InChI is InChI=1S/C8H14NO3/c1-2-3-4-7-12-8(11)9-5-6-10/h2-5,7H2,1H3,(H,9,11). The summed E-state index contributed by atoms with van der Waals surface area (Å²) in [4.78, 5) is 20.3. The summed E-state index contributed by atoms with van der Waals surface area (Å²) in [5.41, 5.74) is 0. The summed E-state index contributed by atoms with van der Waals surface area (Å²) in [7, 11) is 0. The van der Waals surface area contributed by atoms with Crippen molar-refractivity contribution in [2.24, 2.45) is 0 Å². The Balaban J connectivity index is 3.13. The van der Waals surface area contributed by atoms with Gasteiger partial charge in [0, 0.05) is 0 Å². The first-order valence-corrected chi connectivity index (χ1v) is 4.07. The molecule has 0 aromatic rings. The highest BCUT2D eigenvalue weighted by Crippen LogP contribution is 1.93. The van der Waals surface area contributed by atoms with Crippen molar-refractivity contribution in [1.82, 2.24) is 5.32 Å². The van der Waals surface area contributed by atoms with Gasteiger partial charge in [-0.15, -0.1) is 0 Å². The molecule has 0 heterocycles. The SMILES string of the molecule is CCCCCOC(=O)NC[C]=O. The van der Waals surface area contributed by atoms with Gasteiger partial charge in [0.25, 0.3) is 0 Å². The molecular weight excluding hydrogens is 158 g/mol. The highest BCUT2D eigenvalue weighted by molar-refractivity contribution is 5.70. The van der Waals surface area contributed by atoms with Crippen molar-refractivity contribution in [3.8, 4) is 0 Å². The van der Waals surface area contributed by atoms with Gasteiger partial charge in [-0.2, -0.15) is 0 Å². The minimum absolute atomic E-state index is 0.105. The van der Waals surface area contributed by atoms with Crippen LogP contribution < -0.4 is 5.32 Å². The smallest absolute Gasteiger partial charge is 0.407 e. The Morgan fingerprint density at radius 2 is 2.25 bits per heavy atom. The molecule has 0 aliphatic heterocycles. The molecule has 0 saturated carbocycles. The zero-order valence-corrected chi connectivity index (χ0v) is 7.26. The number of carbonyl (C=O) groups is 1. The summed E-state index contributed by atoms with van der Waals surface area (Å²) in [6.45, 7) is 2.38. The Bertz CT molecular complexity index is 136. The van der Waals surface area contributed by atoms with E-state index >= 15 is 0 Å². The summed E-state index contributed by atoms with van der Waals surface area (Å²) < 4.78 is 4.72. The molecule has 0 aliphatic carbocycles. The average Bonchev–Trinajstić information content (AvgIpc) is 2.09. The Morgan fingerprint density at radius 3 is 2.83 bits per heavy atom. The quantitative estimate of drug-likeness (QED) is 0.608. The molecule has 0 bridgehead atoms. The van der Waals surface area contributed by atoms with Gasteiger partial charge in [0.05, 0.1) is 13.2 Å². The number of ether oxygens (including phenoxy) is 1. The van der Waals surface area contributed by atoms with Gasteiger partial charge in [-0.25, -0.2) is 4.79 Å². The van der Waals surface area contributed by atoms with Crippen molar-refractivity contribution >= 4 is 12.4 Å². The molecule has 69 valence electrons. The van der Waals surface area contributed by atoms with Gasteiger partial charge in [-0.3, -0.25) is 4.79 Å². The largest absolute Gasteiger partial charge is 0.450 e. The molecule has 0 aromatic carbocycles. The van der Waals surface area contributed by atoms with E-state index in [1.165, 1.54) is 6.29 Å². The third kappa shape index (κ3) is 7.05. The number of amides is 1. The third-order valence-electron chi connectivity index (χ3n) is 1.29. The van der Waals surface area contributed by atoms with E-state index in [-0.39, 0.29) is 6.54 Å². The number of alkyl carbamates (subject to hydrolysis) is 1. The van der Waals surface area contributed by atoms with Crippen LogP contribution in [0.2, 0.25) is 0 Å². The fourth-order valence-electron chi connectivity index (χ4n) is 0.676. The van der Waals surface area contributed by atoms with Crippen molar-refractivity contribution < 1.29 is 14.3 Å². The lowest BCUT2D eigenvalue weighted by Crippen LogP contribution is -2.26. The maximum Gasteiger partial charge on any atom is 0.407 e. The van der Waals surface area contributed by atoms with Crippen LogP contribution in [-0.2, 0) is 9.53 Å². The molecule has 0 spiro atoms. The molecule has 4 heteroatoms. The number of rotatable bonds is 6. The predicted molar refractivity (Wildman–Crippen MR) is 44.6 cm³/mol. The van der Waals surface area contributed by atoms with Crippen LogP contribution in [0, 0.1) is 0 Å². The number of unbranched alkanes of at least 4 members (excludes halogenated alkanes) is 2. The fraction of sp³-hybridized carbons (Fsp3) is 0.750. The van der Waals surface area contributed by atoms with Crippen LogP contribution in [0.1, 0.15) is 26.2 Å². The average molecular weight is 172 g/mol. The van der Waals surface area contributed by atoms with Crippen LogP contribution in [0.5, 0.6) is 0 Å². The summed E-state index contributed by atoms with van der Waals surface area (Å²) in [6.07, 6.45) is 4.00. The number of hydrogen-bond donors (Lipinski definition) is 1. The zero-order valence-electron chi connectivity index (χ0n) is 7.26. The lowest BCUT2D eigenvalue weighted by Gasteiger charge is -2.02. The monoisotopic (exact) mass is 172 g/mol. The van der Waals surface area contributed by atoms with E-state index in [0.29, 0.717) is 6.61 Å². The Hall–Kier alpha value is -1.06. The first-order chi connectivity index (χ1) is 5.81. The third-order valence-corrected chi connectivity index (χ3v) is 1.29. The van der Waals surface area contributed by atoms with E-state index in [1.807, 2.05) is 0 Å². The second-order valence-corrected chi connectivity index (χ2v) is 2.34. The second-order valence-electron chi connectivity index (χ2n) is 2.34. The van der Waals surface area contributed by atoms with Crippen LogP contribution in [0.3, 0.4) is 0 Å². The van der Waals surface area contributed by atoms with Gasteiger partial charge in [-0.05, 0) is 6.42 Å². The highest BCUT2D eigenvalue weighted by Gasteiger charge is 1.98. The van der Waals surface area contributed by atoms with Crippen LogP contribution in [0.25, 0.3) is 0 Å². The molecule has 0 saturated heterocycles. The molecule has 0 aliphatic rings. The first-order valence-electron chi connectivity index (χ1n) is 4.07. The molecule has 0 unspecified atom stereocenters. The van der Waals surface area contributed by atoms with Gasteiger partial charge >= 0.3 is 6.09 Å². The Labute approximate surface area is 72.3 Å². The summed E-state index contributed by atoms with van der Waals surface area (Å²) >= 11 is 0. The van der Waals surface area contributed by atoms with Gasteiger partial charge in [0.1, 0.15) is 0 Å². The molecule has 4 nitrogen and oxygen atoms in total. The molecule has 1 amide bonds. The van der Waals surface area contributed by atoms with Crippen LogP contribution in [0.4, 0.5) is 4.79 Å². The Kier molecular flexibility index (Phi) is 7.33. The number of hydrogen-bond acceptors (Lipinski definition) is 3. The van der Waals surface area contributed by atoms with Crippen molar-refractivity contribution in [1.29, 1.82) is 0 Å². The van der Waals surface area contributed by atoms with E-state index in [1.54, 1.807) is 0 Å². The lowest BCUT2D eigenvalue weighted by atomic mass is 10.3. The van der Waals surface area contributed by atoms with Crippen LogP contribution >= 0.6 is 0 Å². The summed E-state index contributed by atoms with van der Waals surface area (Å²) in [5, 5.41) is 2.22. The fourth-order valence-corrected chi connectivity index (χ4v) is 0.676. The number of carbonyl (C=O) groups excluding carboxylic acids is 2. The summed E-state index contributed by atoms with van der Waals surface area (Å²) in [5.74, 6) is 0. The van der Waals surface area contributed by atoms with E-state index in [9.17, 15) is 9.59 Å². The van der Waals surface area contributed by atoms with Gasteiger partial charge in [-0.1, -0.05) is 19.8 Å². The van der Waals surface area contributed by atoms with E-state index in [2.05, 4.69) is 12.2 Å². The predicted octanol–water partition coefficient (Wildman–Crippen LogP) is 1.01. The van der Waals surface area contributed by atoms with E-state index < -0.39 is 6.09 Å². The molecular formula is C8H14NO3. The topological polar surface area (TPSA) is 55.4 Å². The van der Waals surface area contributed by atoms with Crippen molar-refractivity contribution in [3.05, 3.63) is 0 Å². The maximum atomic E-state index is 10.7. The molecule has 0 aromatic heterocycles. The van der Waals surface area contributed by atoms with Crippen LogP contribution in [-0.4, -0.2) is 25.5 Å². The lowest BCUT2D eigenvalue weighted by molar-refractivity contribution is 0.145. The molecule has 0 atom stereocenters. The minimum atomic E-state index is -0.547.